The fourth-order valence-electron chi connectivity index (χ4n) is 8.22. The Balaban J connectivity index is 1.55. The lowest BCUT2D eigenvalue weighted by Crippen LogP contribution is -2.36. The summed E-state index contributed by atoms with van der Waals surface area (Å²) in [6.07, 6.45) is 10.8. The van der Waals surface area contributed by atoms with Gasteiger partial charge in [-0.15, -0.1) is 0 Å². The Labute approximate surface area is 249 Å². The number of hydrogen-bond donors (Lipinski definition) is 0. The first-order valence-electron chi connectivity index (χ1n) is 15.9. The van der Waals surface area contributed by atoms with Crippen molar-refractivity contribution < 1.29 is 13.4 Å². The van der Waals surface area contributed by atoms with Gasteiger partial charge < -0.3 is 4.42 Å². The van der Waals surface area contributed by atoms with Crippen LogP contribution in [0.1, 0.15) is 101 Å². The summed E-state index contributed by atoms with van der Waals surface area (Å²) >= 11 is 0. The zero-order valence-electron chi connectivity index (χ0n) is 26.0. The Kier molecular flexibility index (Phi) is 6.38. The fourth-order valence-corrected chi connectivity index (χ4v) is 8.22. The topological polar surface area (TPSA) is 17.0 Å². The third-order valence-electron chi connectivity index (χ3n) is 10.6. The van der Waals surface area contributed by atoms with Crippen molar-refractivity contribution >= 4 is 21.9 Å². The van der Waals surface area contributed by atoms with Crippen LogP contribution >= 0.6 is 0 Å². The molecular formula is C39H43FNO+. The summed E-state index contributed by atoms with van der Waals surface area (Å²) in [4.78, 5) is 0. The van der Waals surface area contributed by atoms with Gasteiger partial charge in [0, 0.05) is 22.9 Å². The number of hydrogen-bond acceptors (Lipinski definition) is 1. The maximum absolute atomic E-state index is 16.3. The van der Waals surface area contributed by atoms with Crippen LogP contribution in [-0.2, 0) is 17.9 Å². The Morgan fingerprint density at radius 3 is 2.14 bits per heavy atom. The van der Waals surface area contributed by atoms with Crippen molar-refractivity contribution in [1.82, 2.24) is 0 Å². The second-order valence-corrected chi connectivity index (χ2v) is 14.3. The Bertz CT molecular complexity index is 1850. The van der Waals surface area contributed by atoms with Gasteiger partial charge in [0.05, 0.1) is 11.1 Å². The molecular weight excluding hydrogens is 517 g/mol. The van der Waals surface area contributed by atoms with Crippen LogP contribution in [0.3, 0.4) is 0 Å². The predicted octanol–water partition coefficient (Wildman–Crippen LogP) is 10.6. The molecule has 0 saturated heterocycles. The first-order chi connectivity index (χ1) is 20.1. The van der Waals surface area contributed by atoms with Crippen LogP contribution in [0.15, 0.2) is 65.2 Å². The maximum Gasteiger partial charge on any atom is 0.216 e. The number of rotatable bonds is 3. The van der Waals surface area contributed by atoms with Crippen molar-refractivity contribution in [1.29, 1.82) is 0 Å². The fraction of sp³-hybridized carbons (Fsp3) is 0.410. The Morgan fingerprint density at radius 1 is 0.762 bits per heavy atom. The van der Waals surface area contributed by atoms with Gasteiger partial charge >= 0.3 is 0 Å². The van der Waals surface area contributed by atoms with Gasteiger partial charge in [-0.3, -0.25) is 0 Å². The third-order valence-corrected chi connectivity index (χ3v) is 10.6. The normalized spacial score (nSPS) is 18.5. The van der Waals surface area contributed by atoms with Gasteiger partial charge in [-0.05, 0) is 95.4 Å². The number of pyridine rings is 1. The predicted molar refractivity (Wildman–Crippen MR) is 172 cm³/mol. The molecule has 0 N–H and O–H groups in total. The van der Waals surface area contributed by atoms with E-state index in [1.54, 1.807) is 6.07 Å². The quantitative estimate of drug-likeness (QED) is 0.201. The van der Waals surface area contributed by atoms with Crippen molar-refractivity contribution in [3.05, 3.63) is 88.9 Å². The third kappa shape index (κ3) is 4.14. The average molecular weight is 561 g/mol. The highest BCUT2D eigenvalue weighted by molar-refractivity contribution is 6.13. The van der Waals surface area contributed by atoms with Crippen LogP contribution in [0, 0.1) is 12.7 Å². The van der Waals surface area contributed by atoms with E-state index in [4.69, 9.17) is 4.42 Å². The molecule has 0 radical (unpaired) electrons. The zero-order chi connectivity index (χ0) is 29.4. The smallest absolute Gasteiger partial charge is 0.216 e. The summed E-state index contributed by atoms with van der Waals surface area (Å²) in [5.74, 6) is 0.385. The lowest BCUT2D eigenvalue weighted by atomic mass is 9.59. The van der Waals surface area contributed by atoms with Gasteiger partial charge in [0.25, 0.3) is 0 Å². The molecule has 2 heterocycles. The molecule has 0 spiro atoms. The van der Waals surface area contributed by atoms with Gasteiger partial charge in [0.1, 0.15) is 24.0 Å². The highest BCUT2D eigenvalue weighted by Crippen LogP contribution is 2.54. The van der Waals surface area contributed by atoms with Gasteiger partial charge in [0.2, 0.25) is 5.69 Å². The van der Waals surface area contributed by atoms with Crippen molar-refractivity contribution in [2.24, 2.45) is 7.05 Å². The van der Waals surface area contributed by atoms with Crippen LogP contribution in [0.4, 0.5) is 4.39 Å². The molecule has 1 saturated carbocycles. The molecule has 2 nitrogen and oxygen atoms in total. The molecule has 216 valence electrons. The monoisotopic (exact) mass is 560 g/mol. The second-order valence-electron chi connectivity index (χ2n) is 14.3. The molecule has 0 unspecified atom stereocenters. The first kappa shape index (κ1) is 27.4. The molecule has 7 rings (SSSR count). The number of fused-ring (bicyclic) bond motifs is 4. The van der Waals surface area contributed by atoms with E-state index in [1.165, 1.54) is 48.8 Å². The van der Waals surface area contributed by atoms with Gasteiger partial charge in [-0.25, -0.2) is 8.96 Å². The molecule has 0 atom stereocenters. The molecule has 2 aliphatic rings. The highest BCUT2D eigenvalue weighted by Gasteiger charge is 2.42. The van der Waals surface area contributed by atoms with Crippen molar-refractivity contribution in [2.75, 3.05) is 0 Å². The molecule has 0 aliphatic heterocycles. The summed E-state index contributed by atoms with van der Waals surface area (Å²) in [5, 5.41) is 2.00. The Morgan fingerprint density at radius 2 is 1.43 bits per heavy atom. The minimum atomic E-state index is -0.211. The molecule has 1 fully saturated rings. The van der Waals surface area contributed by atoms with Gasteiger partial charge in [0.15, 0.2) is 6.20 Å². The molecule has 5 aromatic rings. The van der Waals surface area contributed by atoms with Crippen LogP contribution in [0.2, 0.25) is 0 Å². The van der Waals surface area contributed by atoms with Crippen molar-refractivity contribution in [3.63, 3.8) is 0 Å². The number of aromatic nitrogens is 1. The largest absolute Gasteiger partial charge is 0.454 e. The Hall–Kier alpha value is -3.46. The summed E-state index contributed by atoms with van der Waals surface area (Å²) in [6.45, 7) is 11.7. The van der Waals surface area contributed by atoms with E-state index in [0.29, 0.717) is 17.1 Å². The van der Waals surface area contributed by atoms with Crippen molar-refractivity contribution in [3.8, 4) is 22.4 Å². The summed E-state index contributed by atoms with van der Waals surface area (Å²) in [5.41, 5.74) is 10.7. The van der Waals surface area contributed by atoms with Crippen LogP contribution in [0.5, 0.6) is 0 Å². The molecule has 0 amide bonds. The molecule has 2 aromatic heterocycles. The van der Waals surface area contributed by atoms with Crippen LogP contribution in [-0.4, -0.2) is 0 Å². The van der Waals surface area contributed by atoms with E-state index < -0.39 is 0 Å². The van der Waals surface area contributed by atoms with E-state index in [1.807, 2.05) is 12.1 Å². The number of benzene rings is 3. The van der Waals surface area contributed by atoms with E-state index in [9.17, 15) is 0 Å². The molecule has 3 heteroatoms. The molecule has 0 bridgehead atoms. The summed E-state index contributed by atoms with van der Waals surface area (Å²) in [6, 6.07) is 18.7. The minimum absolute atomic E-state index is 0.0399. The molecule has 2 aliphatic carbocycles. The highest BCUT2D eigenvalue weighted by atomic mass is 19.1. The number of aryl methyl sites for hydroxylation is 2. The lowest BCUT2D eigenvalue weighted by molar-refractivity contribution is -0.660. The summed E-state index contributed by atoms with van der Waals surface area (Å²) in [7, 11) is 2.06. The minimum Gasteiger partial charge on any atom is -0.454 e. The number of nitrogens with zero attached hydrogens (tertiary/aromatic N) is 1. The van der Waals surface area contributed by atoms with E-state index in [0.717, 1.165) is 51.6 Å². The lowest BCUT2D eigenvalue weighted by Gasteiger charge is -2.45. The van der Waals surface area contributed by atoms with E-state index >= 15 is 4.39 Å². The first-order valence-corrected chi connectivity index (χ1v) is 15.9. The number of furan rings is 1. The van der Waals surface area contributed by atoms with Crippen LogP contribution in [0.25, 0.3) is 44.3 Å². The van der Waals surface area contributed by atoms with Gasteiger partial charge in [-0.1, -0.05) is 71.2 Å². The average Bonchev–Trinajstić information content (AvgIpc) is 3.34. The zero-order valence-corrected chi connectivity index (χ0v) is 26.0. The SMILES string of the molecule is Cc1ccc2c(oc3c(-c4ccc(C5CCCCC5)c5c4C(C)(C)CCC5(C)C)c(F)ccc32)c1-c1cccc[n+]1C. The number of halogens is 1. The van der Waals surface area contributed by atoms with E-state index in [-0.39, 0.29) is 16.6 Å². The summed E-state index contributed by atoms with van der Waals surface area (Å²) < 4.78 is 25.3. The van der Waals surface area contributed by atoms with Crippen molar-refractivity contribution in [2.45, 2.75) is 96.3 Å². The second kappa shape index (κ2) is 9.79. The van der Waals surface area contributed by atoms with E-state index in [2.05, 4.69) is 88.8 Å². The van der Waals surface area contributed by atoms with Gasteiger partial charge in [-0.2, -0.15) is 0 Å². The maximum atomic E-state index is 16.3. The molecule has 42 heavy (non-hydrogen) atoms. The standard InChI is InChI=1S/C39H43FNO/c1-24-15-16-27-28-19-20-30(40)33(37(28)42-36(27)32(24)31-14-10-11-23-41(31)6)29-18-17-26(25-12-8-7-9-13-25)34-35(29)39(4,5)22-21-38(34,2)3/h10-11,14-20,23,25H,7-9,12-13,21-22H2,1-6H3/q+1. The molecule has 3 aromatic carbocycles. The van der Waals surface area contributed by atoms with Crippen LogP contribution < -0.4 is 4.57 Å².